The molecule has 12 heterocycles. The van der Waals surface area contributed by atoms with Gasteiger partial charge in [0.1, 0.15) is 11.6 Å². The third-order valence-corrected chi connectivity index (χ3v) is 30.4. The minimum Gasteiger partial charge on any atom is -0.306 e. The summed E-state index contributed by atoms with van der Waals surface area (Å²) in [6.45, 7) is 0. The number of benzene rings is 14. The first-order valence-corrected chi connectivity index (χ1v) is 45.6. The van der Waals surface area contributed by atoms with E-state index in [4.69, 9.17) is 29.9 Å². The molecule has 15 heteroatoms. The second-order valence-corrected chi connectivity index (χ2v) is 36.6. The van der Waals surface area contributed by atoms with Gasteiger partial charge in [0.2, 0.25) is 0 Å². The predicted octanol–water partition coefficient (Wildman–Crippen LogP) is 31.3. The van der Waals surface area contributed by atoms with Crippen LogP contribution < -0.4 is 0 Å². The van der Waals surface area contributed by atoms with Crippen LogP contribution in [0.3, 0.4) is 0 Å². The molecule has 0 amide bonds. The SMILES string of the molecule is c1ccc(-c2cc(-c3ccc(-n4c5c6ccccc6sc5c5sc6ccccc6c54)cc3)nc(-c3ccccc3)n2)cc1.c1ccc(-c2cc(-n3c4c5ccccc5sc4c4sc5ccccc5c43)nc(-c3ccccc3)n2)cc1.c1ccc(-c2cccc(-c3cc(-n4c5c6ccccc6sc5c5sc6ccccc6c54)nc(-c4ccccc4)n3)c2)cc1. The van der Waals surface area contributed by atoms with Crippen LogP contribution in [0.2, 0.25) is 0 Å². The van der Waals surface area contributed by atoms with Gasteiger partial charge in [-0.15, -0.1) is 68.0 Å². The van der Waals surface area contributed by atoms with Gasteiger partial charge in [0, 0.05) is 117 Å². The normalized spacial score (nSPS) is 11.7. The van der Waals surface area contributed by atoms with Crippen molar-refractivity contribution in [2.24, 2.45) is 0 Å². The van der Waals surface area contributed by atoms with E-state index < -0.39 is 0 Å². The average molecular weight is 1680 g/mol. The number of hydrogen-bond acceptors (Lipinski definition) is 12. The number of rotatable bonds is 11. The van der Waals surface area contributed by atoms with Crippen LogP contribution in [0, 0.1) is 0 Å². The molecule has 0 saturated heterocycles. The largest absolute Gasteiger partial charge is 0.306 e. The van der Waals surface area contributed by atoms with Gasteiger partial charge in [-0.1, -0.05) is 322 Å². The Morgan fingerprint density at radius 3 is 0.724 bits per heavy atom. The van der Waals surface area contributed by atoms with E-state index in [0.29, 0.717) is 5.82 Å². The first-order valence-electron chi connectivity index (χ1n) is 40.7. The molecule has 26 rings (SSSR count). The summed E-state index contributed by atoms with van der Waals surface area (Å²) in [6.07, 6.45) is 0. The Hall–Kier alpha value is -14.5. The van der Waals surface area contributed by atoms with Crippen molar-refractivity contribution in [1.29, 1.82) is 0 Å². The maximum absolute atomic E-state index is 5.29. The fraction of sp³-hybridized carbons (Fsp3) is 0. The molecule has 9 nitrogen and oxygen atoms in total. The summed E-state index contributed by atoms with van der Waals surface area (Å²) in [7, 11) is 0. The van der Waals surface area contributed by atoms with Crippen LogP contribution in [0.15, 0.2) is 394 Å². The molecular formula is C108H65N9S6. The van der Waals surface area contributed by atoms with Gasteiger partial charge in [0.05, 0.1) is 84.1 Å². The first kappa shape index (κ1) is 72.5. The summed E-state index contributed by atoms with van der Waals surface area (Å²) >= 11 is 11.3. The van der Waals surface area contributed by atoms with Crippen LogP contribution in [-0.2, 0) is 0 Å². The van der Waals surface area contributed by atoms with E-state index in [0.717, 1.165) is 96.3 Å². The fourth-order valence-electron chi connectivity index (χ4n) is 17.3. The van der Waals surface area contributed by atoms with Crippen molar-refractivity contribution in [3.05, 3.63) is 394 Å². The lowest BCUT2D eigenvalue weighted by Gasteiger charge is -2.13. The zero-order valence-electron chi connectivity index (χ0n) is 65.5. The lowest BCUT2D eigenvalue weighted by Crippen LogP contribution is -2.02. The van der Waals surface area contributed by atoms with Crippen molar-refractivity contribution >= 4 is 190 Å². The van der Waals surface area contributed by atoms with Crippen molar-refractivity contribution in [1.82, 2.24) is 43.6 Å². The Kier molecular flexibility index (Phi) is 17.9. The molecule has 0 bridgehead atoms. The molecule has 123 heavy (non-hydrogen) atoms. The van der Waals surface area contributed by atoms with Gasteiger partial charge >= 0.3 is 0 Å². The Labute approximate surface area is 729 Å². The second kappa shape index (κ2) is 30.3. The van der Waals surface area contributed by atoms with Gasteiger partial charge in [-0.25, -0.2) is 29.9 Å². The summed E-state index contributed by atoms with van der Waals surface area (Å²) < 4.78 is 23.0. The fourth-order valence-corrected chi connectivity index (χ4v) is 24.8. The van der Waals surface area contributed by atoms with Crippen molar-refractivity contribution in [2.45, 2.75) is 0 Å². The Balaban J connectivity index is 0.000000104. The summed E-state index contributed by atoms with van der Waals surface area (Å²) in [6, 6.07) is 138. The molecule has 0 aliphatic carbocycles. The number of hydrogen-bond donors (Lipinski definition) is 0. The van der Waals surface area contributed by atoms with E-state index in [-0.39, 0.29) is 0 Å². The predicted molar refractivity (Wildman–Crippen MR) is 525 cm³/mol. The number of fused-ring (bicyclic) bond motifs is 21. The number of nitrogens with zero attached hydrogens (tertiary/aromatic N) is 9. The molecule has 0 spiro atoms. The van der Waals surface area contributed by atoms with Crippen LogP contribution >= 0.6 is 68.0 Å². The zero-order chi connectivity index (χ0) is 81.0. The Bertz CT molecular complexity index is 8180. The van der Waals surface area contributed by atoms with Crippen LogP contribution in [0.4, 0.5) is 0 Å². The van der Waals surface area contributed by atoms with Crippen molar-refractivity contribution < 1.29 is 0 Å². The quantitative estimate of drug-likeness (QED) is 0.128. The maximum atomic E-state index is 5.29. The monoisotopic (exact) mass is 1680 g/mol. The van der Waals surface area contributed by atoms with Crippen LogP contribution in [0.25, 0.3) is 229 Å². The lowest BCUT2D eigenvalue weighted by atomic mass is 10.0. The first-order chi connectivity index (χ1) is 61.0. The summed E-state index contributed by atoms with van der Waals surface area (Å²) in [5, 5.41) is 7.63. The molecule has 12 aromatic heterocycles. The van der Waals surface area contributed by atoms with E-state index in [1.54, 1.807) is 0 Å². The van der Waals surface area contributed by atoms with Gasteiger partial charge < -0.3 is 4.57 Å². The van der Waals surface area contributed by atoms with Gasteiger partial charge in [0.25, 0.3) is 0 Å². The molecule has 0 aliphatic rings. The third kappa shape index (κ3) is 12.6. The van der Waals surface area contributed by atoms with E-state index in [2.05, 4.69) is 341 Å². The van der Waals surface area contributed by atoms with Crippen molar-refractivity contribution in [3.63, 3.8) is 0 Å². The van der Waals surface area contributed by atoms with E-state index in [1.165, 1.54) is 127 Å². The molecule has 0 saturated carbocycles. The molecule has 0 unspecified atom stereocenters. The molecule has 14 aromatic carbocycles. The topological polar surface area (TPSA) is 92.1 Å². The smallest absolute Gasteiger partial charge is 0.162 e. The number of thiophene rings is 6. The minimum atomic E-state index is 0.715. The molecule has 0 atom stereocenters. The minimum absolute atomic E-state index is 0.715. The van der Waals surface area contributed by atoms with Crippen molar-refractivity contribution in [3.8, 4) is 108 Å². The molecule has 0 N–H and O–H groups in total. The standard InChI is InChI=1S/2C38H23N3S2.C32H19N3S2/c1-3-12-24(13-4-1)26-16-11-17-27(22-26)30-23-33(40-38(39-30)25-14-5-2-6-15-25)41-34-28-18-7-9-20-31(28)42-36(34)37-35(41)29-19-8-10-21-32(29)43-37;1-3-11-24(12-4-1)30-23-31(40-38(39-30)26-13-5-2-6-14-26)25-19-21-27(22-20-25)41-34-28-15-7-9-17-32(28)42-36(34)37-35(41)29-16-8-10-18-33(29)43-37;1-3-11-20(12-4-1)24-19-27(34-32(33-24)21-13-5-2-6-14-21)35-28-22-15-7-9-17-25(22)36-30(28)31-29(35)23-16-8-10-18-26(23)37-31/h2*1-23H;1-19H. The van der Waals surface area contributed by atoms with Gasteiger partial charge in [-0.3, -0.25) is 9.13 Å². The summed E-state index contributed by atoms with van der Waals surface area (Å²) in [5.41, 5.74) is 21.9. The van der Waals surface area contributed by atoms with E-state index in [9.17, 15) is 0 Å². The van der Waals surface area contributed by atoms with Gasteiger partial charge in [-0.05, 0) is 71.8 Å². The molecule has 0 aliphatic heterocycles. The van der Waals surface area contributed by atoms with Crippen molar-refractivity contribution in [2.75, 3.05) is 0 Å². The van der Waals surface area contributed by atoms with Crippen LogP contribution in [-0.4, -0.2) is 43.6 Å². The third-order valence-electron chi connectivity index (χ3n) is 22.9. The molecule has 0 fully saturated rings. The average Bonchev–Trinajstić information content (AvgIpc) is 1.55. The Morgan fingerprint density at radius 1 is 0.163 bits per heavy atom. The zero-order valence-corrected chi connectivity index (χ0v) is 70.4. The second-order valence-electron chi connectivity index (χ2n) is 30.3. The Morgan fingerprint density at radius 2 is 0.398 bits per heavy atom. The molecular weight excluding hydrogens is 1620 g/mol. The molecule has 0 radical (unpaired) electrons. The highest BCUT2D eigenvalue weighted by molar-refractivity contribution is 7.35. The highest BCUT2D eigenvalue weighted by Crippen LogP contribution is 2.52. The van der Waals surface area contributed by atoms with E-state index >= 15 is 0 Å². The van der Waals surface area contributed by atoms with Crippen LogP contribution in [0.5, 0.6) is 0 Å². The highest BCUT2D eigenvalue weighted by atomic mass is 32.1. The summed E-state index contributed by atoms with van der Waals surface area (Å²) in [5.74, 6) is 3.93. The molecule has 26 aromatic rings. The highest BCUT2D eigenvalue weighted by Gasteiger charge is 2.28. The van der Waals surface area contributed by atoms with Gasteiger partial charge in [0.15, 0.2) is 17.5 Å². The maximum Gasteiger partial charge on any atom is 0.162 e. The number of aromatic nitrogens is 9. The molecule has 578 valence electrons. The lowest BCUT2D eigenvalue weighted by molar-refractivity contribution is 1.05. The van der Waals surface area contributed by atoms with Gasteiger partial charge in [-0.2, -0.15) is 0 Å². The van der Waals surface area contributed by atoms with E-state index in [1.807, 2.05) is 135 Å². The van der Waals surface area contributed by atoms with Crippen LogP contribution in [0.1, 0.15) is 0 Å². The summed E-state index contributed by atoms with van der Waals surface area (Å²) in [4.78, 5) is 30.7.